The second kappa shape index (κ2) is 16.8. The van der Waals surface area contributed by atoms with Crippen LogP contribution in [0, 0.1) is 11.6 Å². The second-order valence-electron chi connectivity index (χ2n) is 13.0. The molecular weight excluding hydrogens is 594 g/mol. The summed E-state index contributed by atoms with van der Waals surface area (Å²) in [5, 5.41) is 7.34. The van der Waals surface area contributed by atoms with Gasteiger partial charge in [0.05, 0.1) is 17.8 Å². The van der Waals surface area contributed by atoms with Gasteiger partial charge in [0.1, 0.15) is 0 Å². The molecule has 0 radical (unpaired) electrons. The maximum Gasteiger partial charge on any atom is 0.237 e. The third-order valence-electron chi connectivity index (χ3n) is 9.57. The Morgan fingerprint density at radius 3 is 2.51 bits per heavy atom. The number of carbonyl (C=O) groups is 2. The van der Waals surface area contributed by atoms with Crippen molar-refractivity contribution in [2.75, 3.05) is 19.6 Å². The number of allylic oxidation sites excluding steroid dienone is 1. The average Bonchev–Trinajstić information content (AvgIpc) is 3.43. The van der Waals surface area contributed by atoms with Crippen molar-refractivity contribution in [3.63, 3.8) is 0 Å². The average molecular weight is 641 g/mol. The molecule has 1 aromatic heterocycles. The molecule has 0 unspecified atom stereocenters. The van der Waals surface area contributed by atoms with Crippen molar-refractivity contribution in [3.8, 4) is 0 Å². The number of fused-ring (bicyclic) bond motifs is 1. The summed E-state index contributed by atoms with van der Waals surface area (Å²) in [7, 11) is 0. The Labute approximate surface area is 271 Å². The first-order valence-electron chi connectivity index (χ1n) is 16.9. The molecule has 2 aliphatic carbocycles. The minimum absolute atomic E-state index is 0.0872. The number of unbranched alkanes of at least 4 members (excludes halogenated alkanes) is 1. The molecule has 45 heavy (non-hydrogen) atoms. The van der Waals surface area contributed by atoms with Crippen LogP contribution in [-0.2, 0) is 28.9 Å². The molecule has 0 spiro atoms. The normalized spacial score (nSPS) is 18.7. The smallest absolute Gasteiger partial charge is 0.237 e. The van der Waals surface area contributed by atoms with Crippen molar-refractivity contribution in [3.05, 3.63) is 70.6 Å². The predicted molar refractivity (Wildman–Crippen MR) is 175 cm³/mol. The number of benzene rings is 1. The van der Waals surface area contributed by atoms with Crippen molar-refractivity contribution in [1.29, 1.82) is 0 Å². The molecule has 244 valence electrons. The highest BCUT2D eigenvalue weighted by molar-refractivity contribution is 6.49. The fraction of sp³-hybridized carbons (Fsp3) is 0.583. The van der Waals surface area contributed by atoms with Gasteiger partial charge >= 0.3 is 0 Å². The van der Waals surface area contributed by atoms with Gasteiger partial charge in [0, 0.05) is 35.7 Å². The predicted octanol–water partition coefficient (Wildman–Crippen LogP) is 6.67. The summed E-state index contributed by atoms with van der Waals surface area (Å²) < 4.78 is 27.8. The number of pyridine rings is 1. The standard InChI is InChI=1S/C36H47ClF2N4O2/c37-29-14-16-32-28(29)21-26(24-40-32)13-17-35(44)34(23-25-12-15-30(38)31(39)22-25)42-36(45)33(41-27-9-3-1-4-10-27)11-5-8-20-43-18-6-2-7-19-43/h12,14-15,21-22,24,27,33-34,41H,1-11,13,16-20,23H2,(H,42,45)/t33-,34+/m1/s1. The van der Waals surface area contributed by atoms with E-state index in [-0.39, 0.29) is 30.6 Å². The number of nitrogens with zero attached hydrogens (tertiary/aromatic N) is 2. The topological polar surface area (TPSA) is 74.3 Å². The van der Waals surface area contributed by atoms with Crippen LogP contribution in [0.15, 0.2) is 36.5 Å². The first-order valence-corrected chi connectivity index (χ1v) is 17.3. The number of halogens is 3. The van der Waals surface area contributed by atoms with Gasteiger partial charge in [-0.15, -0.1) is 0 Å². The lowest BCUT2D eigenvalue weighted by molar-refractivity contribution is -0.129. The number of hydrogen-bond acceptors (Lipinski definition) is 5. The Morgan fingerprint density at radius 2 is 1.73 bits per heavy atom. The number of aryl methyl sites for hydroxylation is 1. The molecular formula is C36H47ClF2N4O2. The molecule has 9 heteroatoms. The fourth-order valence-electron chi connectivity index (χ4n) is 6.91. The van der Waals surface area contributed by atoms with Gasteiger partial charge in [0.2, 0.25) is 5.91 Å². The summed E-state index contributed by atoms with van der Waals surface area (Å²) >= 11 is 6.32. The minimum Gasteiger partial charge on any atom is -0.345 e. The van der Waals surface area contributed by atoms with E-state index in [2.05, 4.69) is 20.5 Å². The fourth-order valence-corrected chi connectivity index (χ4v) is 7.15. The van der Waals surface area contributed by atoms with Crippen LogP contribution in [0.4, 0.5) is 8.78 Å². The van der Waals surface area contributed by atoms with Crippen molar-refractivity contribution >= 4 is 28.3 Å². The molecule has 2 heterocycles. The summed E-state index contributed by atoms with van der Waals surface area (Å²) in [4.78, 5) is 34.6. The molecule has 1 aliphatic heterocycles. The van der Waals surface area contributed by atoms with Crippen LogP contribution in [0.1, 0.15) is 99.4 Å². The van der Waals surface area contributed by atoms with E-state index in [1.807, 2.05) is 12.1 Å². The first kappa shape index (κ1) is 33.7. The van der Waals surface area contributed by atoms with Crippen LogP contribution in [-0.4, -0.2) is 59.3 Å². The van der Waals surface area contributed by atoms with Gasteiger partial charge in [-0.25, -0.2) is 8.78 Å². The van der Waals surface area contributed by atoms with Gasteiger partial charge in [-0.1, -0.05) is 55.8 Å². The number of Topliss-reactive ketones (excluding diaryl/α,β-unsaturated/α-hetero) is 1. The minimum atomic E-state index is -0.968. The molecule has 2 aromatic rings. The highest BCUT2D eigenvalue weighted by atomic mass is 35.5. The number of ketones is 1. The van der Waals surface area contributed by atoms with E-state index in [0.717, 1.165) is 87.1 Å². The van der Waals surface area contributed by atoms with Gasteiger partial charge in [0.25, 0.3) is 0 Å². The van der Waals surface area contributed by atoms with Crippen LogP contribution in [0.25, 0.3) is 5.03 Å². The number of piperidine rings is 1. The van der Waals surface area contributed by atoms with Gasteiger partial charge in [-0.05, 0) is 100 Å². The van der Waals surface area contributed by atoms with Crippen molar-refractivity contribution in [2.45, 2.75) is 114 Å². The SMILES string of the molecule is O=C(CCc1cnc2c(c1)C(Cl)=CC2)[C@H](Cc1ccc(F)c(F)c1)NC(=O)[C@@H](CCCCN1CCCCC1)NC1CCCCC1. The molecule has 0 bridgehead atoms. The number of nitrogens with one attached hydrogen (secondary N) is 2. The van der Waals surface area contributed by atoms with Crippen LogP contribution >= 0.6 is 11.6 Å². The summed E-state index contributed by atoms with van der Waals surface area (Å²) in [6.07, 6.45) is 17.2. The third-order valence-corrected chi connectivity index (χ3v) is 9.93. The Kier molecular flexibility index (Phi) is 12.5. The lowest BCUT2D eigenvalue weighted by Crippen LogP contribution is -2.53. The monoisotopic (exact) mass is 640 g/mol. The summed E-state index contributed by atoms with van der Waals surface area (Å²) in [6, 6.07) is 4.63. The van der Waals surface area contributed by atoms with E-state index < -0.39 is 23.7 Å². The van der Waals surface area contributed by atoms with Crippen molar-refractivity contribution < 1.29 is 18.4 Å². The highest BCUT2D eigenvalue weighted by Crippen LogP contribution is 2.29. The lowest BCUT2D eigenvalue weighted by atomic mass is 9.93. The maximum atomic E-state index is 14.1. The largest absolute Gasteiger partial charge is 0.345 e. The number of likely N-dealkylation sites (tertiary alicyclic amines) is 1. The van der Waals surface area contributed by atoms with Crippen LogP contribution in [0.5, 0.6) is 0 Å². The number of rotatable bonds is 15. The molecule has 6 nitrogen and oxygen atoms in total. The molecule has 1 aromatic carbocycles. The Hall–Kier alpha value is -2.68. The van der Waals surface area contributed by atoms with Gasteiger partial charge in [0.15, 0.2) is 17.4 Å². The van der Waals surface area contributed by atoms with E-state index in [1.54, 1.807) is 6.20 Å². The second-order valence-corrected chi connectivity index (χ2v) is 13.4. The van der Waals surface area contributed by atoms with Crippen molar-refractivity contribution in [1.82, 2.24) is 20.5 Å². The molecule has 1 amide bonds. The van der Waals surface area contributed by atoms with Crippen molar-refractivity contribution in [2.24, 2.45) is 0 Å². The van der Waals surface area contributed by atoms with Crippen LogP contribution in [0.3, 0.4) is 0 Å². The molecule has 1 saturated carbocycles. The number of aromatic nitrogens is 1. The van der Waals surface area contributed by atoms with Crippen LogP contribution in [0.2, 0.25) is 0 Å². The third kappa shape index (κ3) is 9.90. The molecule has 5 rings (SSSR count). The molecule has 1 saturated heterocycles. The van der Waals surface area contributed by atoms with E-state index in [9.17, 15) is 18.4 Å². The Morgan fingerprint density at radius 1 is 0.956 bits per heavy atom. The summed E-state index contributed by atoms with van der Waals surface area (Å²) in [5.41, 5.74) is 3.16. The van der Waals surface area contributed by atoms with E-state index in [4.69, 9.17) is 11.6 Å². The van der Waals surface area contributed by atoms with Crippen LogP contribution < -0.4 is 10.6 Å². The van der Waals surface area contributed by atoms with Gasteiger partial charge in [-0.3, -0.25) is 14.6 Å². The maximum absolute atomic E-state index is 14.1. The quantitative estimate of drug-likeness (QED) is 0.213. The molecule has 2 fully saturated rings. The number of amides is 1. The van der Waals surface area contributed by atoms with E-state index in [0.29, 0.717) is 29.9 Å². The number of hydrogen-bond donors (Lipinski definition) is 2. The zero-order valence-electron chi connectivity index (χ0n) is 26.3. The van der Waals surface area contributed by atoms with Gasteiger partial charge < -0.3 is 15.5 Å². The molecule has 2 N–H and O–H groups in total. The molecule has 3 aliphatic rings. The van der Waals surface area contributed by atoms with Gasteiger partial charge in [-0.2, -0.15) is 0 Å². The first-order chi connectivity index (χ1) is 21.9. The Balaban J connectivity index is 1.25. The zero-order chi connectivity index (χ0) is 31.6. The Bertz CT molecular complexity index is 1340. The van der Waals surface area contributed by atoms with E-state index in [1.165, 1.54) is 31.7 Å². The summed E-state index contributed by atoms with van der Waals surface area (Å²) in [6.45, 7) is 3.36. The summed E-state index contributed by atoms with van der Waals surface area (Å²) in [5.74, 6) is -2.26. The van der Waals surface area contributed by atoms with E-state index >= 15 is 0 Å². The zero-order valence-corrected chi connectivity index (χ0v) is 27.0. The molecule has 2 atom stereocenters. The highest BCUT2D eigenvalue weighted by Gasteiger charge is 2.28. The number of carbonyl (C=O) groups excluding carboxylic acids is 2. The lowest BCUT2D eigenvalue weighted by Gasteiger charge is -2.30.